The van der Waals surface area contributed by atoms with Crippen LogP contribution in [0.5, 0.6) is 0 Å². The van der Waals surface area contributed by atoms with E-state index in [2.05, 4.69) is 17.1 Å². The van der Waals surface area contributed by atoms with Gasteiger partial charge in [-0.25, -0.2) is 4.98 Å². The second-order valence-electron chi connectivity index (χ2n) is 3.07. The summed E-state index contributed by atoms with van der Waals surface area (Å²) in [7, 11) is 0. The van der Waals surface area contributed by atoms with Crippen molar-refractivity contribution in [3.63, 3.8) is 0 Å². The molecular weight excluding hydrogens is 160 g/mol. The van der Waals surface area contributed by atoms with Crippen molar-refractivity contribution in [3.05, 3.63) is 42.2 Å². The van der Waals surface area contributed by atoms with Gasteiger partial charge in [-0.1, -0.05) is 24.3 Å². The molecule has 0 saturated heterocycles. The van der Waals surface area contributed by atoms with Crippen LogP contribution in [-0.2, 0) is 0 Å². The molecule has 0 aliphatic carbocycles. The Hall–Kier alpha value is -1.83. The van der Waals surface area contributed by atoms with Gasteiger partial charge < -0.3 is 4.57 Å². The van der Waals surface area contributed by atoms with E-state index in [0.29, 0.717) is 0 Å². The van der Waals surface area contributed by atoms with E-state index >= 15 is 0 Å². The molecule has 2 nitrogen and oxygen atoms in total. The summed E-state index contributed by atoms with van der Waals surface area (Å²) >= 11 is 0. The first-order valence-electron chi connectivity index (χ1n) is 4.25. The van der Waals surface area contributed by atoms with Crippen LogP contribution in [0, 0.1) is 0 Å². The second kappa shape index (κ2) is 2.33. The minimum Gasteiger partial charge on any atom is -0.305 e. The minimum absolute atomic E-state index is 1.05. The van der Waals surface area contributed by atoms with E-state index in [0.717, 1.165) is 5.52 Å². The van der Waals surface area contributed by atoms with Gasteiger partial charge >= 0.3 is 0 Å². The van der Waals surface area contributed by atoms with Crippen molar-refractivity contribution >= 4 is 23.3 Å². The van der Waals surface area contributed by atoms with Gasteiger partial charge in [-0.15, -0.1) is 0 Å². The van der Waals surface area contributed by atoms with Gasteiger partial charge in [-0.2, -0.15) is 0 Å². The molecule has 1 aliphatic rings. The standard InChI is InChI=1S/C11H8N2/c1-2-7-13-8-12-10-6-3-5-9(4-1)11(10)13/h1-8H. The van der Waals surface area contributed by atoms with E-state index in [1.165, 1.54) is 11.1 Å². The van der Waals surface area contributed by atoms with Crippen LogP contribution in [0.4, 0.5) is 0 Å². The summed E-state index contributed by atoms with van der Waals surface area (Å²) in [6.45, 7) is 0. The Morgan fingerprint density at radius 2 is 2.15 bits per heavy atom. The van der Waals surface area contributed by atoms with Gasteiger partial charge in [0.2, 0.25) is 0 Å². The third-order valence-electron chi connectivity index (χ3n) is 2.26. The first kappa shape index (κ1) is 6.66. The van der Waals surface area contributed by atoms with Gasteiger partial charge in [0, 0.05) is 11.8 Å². The van der Waals surface area contributed by atoms with E-state index in [-0.39, 0.29) is 0 Å². The zero-order valence-electron chi connectivity index (χ0n) is 7.01. The van der Waals surface area contributed by atoms with Crippen LogP contribution in [0.2, 0.25) is 0 Å². The average molecular weight is 168 g/mol. The van der Waals surface area contributed by atoms with E-state index < -0.39 is 0 Å². The fraction of sp³-hybridized carbons (Fsp3) is 0. The van der Waals surface area contributed by atoms with Gasteiger partial charge in [0.15, 0.2) is 0 Å². The summed E-state index contributed by atoms with van der Waals surface area (Å²) in [5, 5.41) is 0. The fourth-order valence-corrected chi connectivity index (χ4v) is 1.67. The predicted octanol–water partition coefficient (Wildman–Crippen LogP) is 2.53. The molecule has 13 heavy (non-hydrogen) atoms. The molecule has 0 radical (unpaired) electrons. The summed E-state index contributed by atoms with van der Waals surface area (Å²) in [6.07, 6.45) is 10.0. The van der Waals surface area contributed by atoms with Gasteiger partial charge in [0.05, 0.1) is 17.4 Å². The van der Waals surface area contributed by atoms with Gasteiger partial charge in [-0.05, 0) is 12.1 Å². The van der Waals surface area contributed by atoms with Crippen molar-refractivity contribution < 1.29 is 0 Å². The molecular formula is C11H8N2. The number of nitrogens with zero attached hydrogens (tertiary/aromatic N) is 2. The summed E-state index contributed by atoms with van der Waals surface area (Å²) < 4.78 is 2.05. The van der Waals surface area contributed by atoms with Crippen LogP contribution in [0.25, 0.3) is 23.3 Å². The number of benzene rings is 1. The predicted molar refractivity (Wildman–Crippen MR) is 54.1 cm³/mol. The smallest absolute Gasteiger partial charge is 0.0999 e. The molecule has 0 N–H and O–H groups in total. The Morgan fingerprint density at radius 1 is 1.15 bits per heavy atom. The molecule has 0 atom stereocenters. The Kier molecular flexibility index (Phi) is 1.19. The maximum absolute atomic E-state index is 4.31. The van der Waals surface area contributed by atoms with Crippen LogP contribution in [0.3, 0.4) is 0 Å². The first-order valence-corrected chi connectivity index (χ1v) is 4.25. The number of allylic oxidation sites excluding steroid dienone is 2. The van der Waals surface area contributed by atoms with E-state index in [1.54, 1.807) is 0 Å². The summed E-state index contributed by atoms with van der Waals surface area (Å²) in [6, 6.07) is 6.16. The maximum atomic E-state index is 4.31. The van der Waals surface area contributed by atoms with Gasteiger partial charge in [0.1, 0.15) is 0 Å². The van der Waals surface area contributed by atoms with Crippen LogP contribution in [0.1, 0.15) is 5.56 Å². The number of rotatable bonds is 0. The first-order chi connectivity index (χ1) is 6.45. The minimum atomic E-state index is 1.05. The second-order valence-corrected chi connectivity index (χ2v) is 3.07. The third kappa shape index (κ3) is 0.855. The van der Waals surface area contributed by atoms with E-state index in [1.807, 2.05) is 41.4 Å². The van der Waals surface area contributed by atoms with Crippen LogP contribution in [-0.4, -0.2) is 9.55 Å². The molecule has 2 heterocycles. The zero-order chi connectivity index (χ0) is 8.67. The third-order valence-corrected chi connectivity index (χ3v) is 2.26. The molecule has 0 fully saturated rings. The Bertz CT molecular complexity index is 518. The Balaban J connectivity index is 2.56. The van der Waals surface area contributed by atoms with Gasteiger partial charge in [0.25, 0.3) is 0 Å². The fourth-order valence-electron chi connectivity index (χ4n) is 1.67. The molecule has 0 saturated carbocycles. The quantitative estimate of drug-likeness (QED) is 0.591. The highest BCUT2D eigenvalue weighted by atomic mass is 15.0. The summed E-state index contributed by atoms with van der Waals surface area (Å²) in [5.41, 5.74) is 3.46. The zero-order valence-corrected chi connectivity index (χ0v) is 7.01. The normalized spacial score (nSPS) is 13.5. The number of hydrogen-bond donors (Lipinski definition) is 0. The van der Waals surface area contributed by atoms with Crippen molar-refractivity contribution in [2.24, 2.45) is 0 Å². The lowest BCUT2D eigenvalue weighted by molar-refractivity contribution is 1.17. The van der Waals surface area contributed by atoms with Crippen molar-refractivity contribution in [1.29, 1.82) is 0 Å². The molecule has 62 valence electrons. The molecule has 1 aromatic carbocycles. The Morgan fingerprint density at radius 3 is 3.15 bits per heavy atom. The highest BCUT2D eigenvalue weighted by Gasteiger charge is 2.04. The summed E-state index contributed by atoms with van der Waals surface area (Å²) in [4.78, 5) is 4.31. The topological polar surface area (TPSA) is 17.8 Å². The largest absolute Gasteiger partial charge is 0.305 e. The molecule has 1 aromatic heterocycles. The van der Waals surface area contributed by atoms with Crippen molar-refractivity contribution in [2.45, 2.75) is 0 Å². The molecule has 1 aliphatic heterocycles. The average Bonchev–Trinajstić information content (AvgIpc) is 2.44. The highest BCUT2D eigenvalue weighted by molar-refractivity contribution is 5.87. The van der Waals surface area contributed by atoms with Crippen molar-refractivity contribution in [2.75, 3.05) is 0 Å². The lowest BCUT2D eigenvalue weighted by atomic mass is 10.2. The molecule has 3 rings (SSSR count). The van der Waals surface area contributed by atoms with Crippen LogP contribution >= 0.6 is 0 Å². The van der Waals surface area contributed by atoms with E-state index in [9.17, 15) is 0 Å². The maximum Gasteiger partial charge on any atom is 0.0999 e. The van der Waals surface area contributed by atoms with Crippen LogP contribution in [0.15, 0.2) is 36.7 Å². The van der Waals surface area contributed by atoms with Gasteiger partial charge in [-0.3, -0.25) is 0 Å². The molecule has 0 amide bonds. The van der Waals surface area contributed by atoms with Crippen molar-refractivity contribution in [1.82, 2.24) is 9.55 Å². The summed E-state index contributed by atoms with van der Waals surface area (Å²) in [5.74, 6) is 0. The van der Waals surface area contributed by atoms with Crippen molar-refractivity contribution in [3.8, 4) is 0 Å². The number of imidazole rings is 1. The lowest BCUT2D eigenvalue weighted by Crippen LogP contribution is -1.83. The molecule has 2 aromatic rings. The lowest BCUT2D eigenvalue weighted by Gasteiger charge is -1.97. The van der Waals surface area contributed by atoms with Crippen LogP contribution < -0.4 is 0 Å². The monoisotopic (exact) mass is 168 g/mol. The Labute approximate surface area is 75.8 Å². The molecule has 0 bridgehead atoms. The number of para-hydroxylation sites is 1. The van der Waals surface area contributed by atoms with E-state index in [4.69, 9.17) is 0 Å². The SMILES string of the molecule is C1=Cc2cccc3ncn(c23)C=C1. The molecule has 2 heteroatoms. The molecule has 0 unspecified atom stereocenters. The highest BCUT2D eigenvalue weighted by Crippen LogP contribution is 2.21. The molecule has 0 spiro atoms. The number of hydrogen-bond acceptors (Lipinski definition) is 1. The number of aromatic nitrogens is 2.